The van der Waals surface area contributed by atoms with Crippen LogP contribution in [0.3, 0.4) is 0 Å². The lowest BCUT2D eigenvalue weighted by Crippen LogP contribution is -2.40. The van der Waals surface area contributed by atoms with E-state index in [1.54, 1.807) is 6.92 Å². The summed E-state index contributed by atoms with van der Waals surface area (Å²) in [6.07, 6.45) is -0.716. The largest absolute Gasteiger partial charge is 0.454 e. The molecule has 1 N–H and O–H groups in total. The van der Waals surface area contributed by atoms with Crippen molar-refractivity contribution >= 4 is 12.0 Å². The number of amides is 2. The number of rotatable bonds is 6. The van der Waals surface area contributed by atoms with Gasteiger partial charge in [0.15, 0.2) is 11.5 Å². The molecule has 2 amide bonds. The molecule has 120 valence electrons. The van der Waals surface area contributed by atoms with Crippen LogP contribution in [0.5, 0.6) is 11.5 Å². The summed E-state index contributed by atoms with van der Waals surface area (Å²) in [6, 6.07) is 5.68. The molecular formula is C15H20N2O5. The van der Waals surface area contributed by atoms with E-state index in [0.717, 1.165) is 11.3 Å². The van der Waals surface area contributed by atoms with E-state index in [1.807, 2.05) is 30.0 Å². The first-order valence-electron chi connectivity index (χ1n) is 7.19. The minimum Gasteiger partial charge on any atom is -0.454 e. The van der Waals surface area contributed by atoms with Gasteiger partial charge in [-0.1, -0.05) is 13.0 Å². The van der Waals surface area contributed by atoms with Gasteiger partial charge in [0.05, 0.1) is 13.2 Å². The Morgan fingerprint density at radius 3 is 2.77 bits per heavy atom. The molecule has 0 saturated heterocycles. The van der Waals surface area contributed by atoms with E-state index >= 15 is 0 Å². The fourth-order valence-corrected chi connectivity index (χ4v) is 2.10. The van der Waals surface area contributed by atoms with Gasteiger partial charge in [0.25, 0.3) is 0 Å². The average Bonchev–Trinajstić information content (AvgIpc) is 2.94. The Hall–Kier alpha value is -2.28. The Bertz CT molecular complexity index is 547. The molecule has 0 bridgehead atoms. The number of likely N-dealkylation sites (N-methyl/N-ethyl adjacent to an activating group) is 1. The van der Waals surface area contributed by atoms with Crippen molar-refractivity contribution in [3.05, 3.63) is 23.8 Å². The third-order valence-electron chi connectivity index (χ3n) is 3.17. The van der Waals surface area contributed by atoms with Gasteiger partial charge in [0.2, 0.25) is 12.7 Å². The highest BCUT2D eigenvalue weighted by molar-refractivity contribution is 5.92. The summed E-state index contributed by atoms with van der Waals surface area (Å²) in [4.78, 5) is 24.9. The first kappa shape index (κ1) is 16.1. The Morgan fingerprint density at radius 1 is 1.27 bits per heavy atom. The standard InChI is InChI=1S/C15H20N2O5/c1-3-17(9-14(18)16-15(19)20-4-2)8-11-5-6-12-13(7-11)22-10-21-12/h5-7H,3-4,8-10H2,1-2H3,(H,16,18,19). The average molecular weight is 308 g/mol. The van der Waals surface area contributed by atoms with Crippen LogP contribution in [0.1, 0.15) is 19.4 Å². The molecule has 1 aromatic rings. The van der Waals surface area contributed by atoms with Crippen molar-refractivity contribution in [3.8, 4) is 11.5 Å². The Balaban J connectivity index is 1.89. The highest BCUT2D eigenvalue weighted by Gasteiger charge is 2.16. The van der Waals surface area contributed by atoms with Gasteiger partial charge in [-0.2, -0.15) is 0 Å². The summed E-state index contributed by atoms with van der Waals surface area (Å²) < 4.78 is 15.3. The Kier molecular flexibility index (Phi) is 5.60. The zero-order chi connectivity index (χ0) is 15.9. The van der Waals surface area contributed by atoms with Gasteiger partial charge in [-0.25, -0.2) is 4.79 Å². The van der Waals surface area contributed by atoms with Crippen LogP contribution in [0, 0.1) is 0 Å². The predicted molar refractivity (Wildman–Crippen MR) is 78.7 cm³/mol. The third-order valence-corrected chi connectivity index (χ3v) is 3.17. The summed E-state index contributed by atoms with van der Waals surface area (Å²) in [5.41, 5.74) is 1.01. The van der Waals surface area contributed by atoms with Crippen molar-refractivity contribution in [2.45, 2.75) is 20.4 Å². The third kappa shape index (κ3) is 4.36. The van der Waals surface area contributed by atoms with Crippen LogP contribution in [0.15, 0.2) is 18.2 Å². The number of nitrogens with one attached hydrogen (secondary N) is 1. The minimum absolute atomic E-state index is 0.115. The van der Waals surface area contributed by atoms with E-state index in [4.69, 9.17) is 9.47 Å². The van der Waals surface area contributed by atoms with Gasteiger partial charge in [-0.05, 0) is 31.2 Å². The predicted octanol–water partition coefficient (Wildman–Crippen LogP) is 1.51. The van der Waals surface area contributed by atoms with Gasteiger partial charge in [0, 0.05) is 6.54 Å². The summed E-state index contributed by atoms with van der Waals surface area (Å²) in [7, 11) is 0. The molecular weight excluding hydrogens is 288 g/mol. The molecule has 7 nitrogen and oxygen atoms in total. The number of carbonyl (C=O) groups excluding carboxylic acids is 2. The van der Waals surface area contributed by atoms with E-state index in [-0.39, 0.29) is 25.9 Å². The van der Waals surface area contributed by atoms with Crippen molar-refractivity contribution in [1.29, 1.82) is 0 Å². The molecule has 1 heterocycles. The monoisotopic (exact) mass is 308 g/mol. The summed E-state index contributed by atoms with van der Waals surface area (Å²) in [6.45, 7) is 5.45. The lowest BCUT2D eigenvalue weighted by Gasteiger charge is -2.19. The first-order valence-corrected chi connectivity index (χ1v) is 7.19. The lowest BCUT2D eigenvalue weighted by molar-refractivity contribution is -0.121. The van der Waals surface area contributed by atoms with Crippen LogP contribution in [0.2, 0.25) is 0 Å². The topological polar surface area (TPSA) is 77.1 Å². The zero-order valence-electron chi connectivity index (χ0n) is 12.8. The molecule has 2 rings (SSSR count). The minimum atomic E-state index is -0.716. The number of hydrogen-bond acceptors (Lipinski definition) is 6. The zero-order valence-corrected chi connectivity index (χ0v) is 12.8. The smallest absolute Gasteiger partial charge is 0.413 e. The molecule has 0 spiro atoms. The molecule has 0 radical (unpaired) electrons. The maximum Gasteiger partial charge on any atom is 0.413 e. The second-order valence-electron chi connectivity index (χ2n) is 4.76. The van der Waals surface area contributed by atoms with Crippen LogP contribution in [-0.2, 0) is 16.1 Å². The van der Waals surface area contributed by atoms with Crippen molar-refractivity contribution in [2.75, 3.05) is 26.5 Å². The van der Waals surface area contributed by atoms with Crippen LogP contribution < -0.4 is 14.8 Å². The van der Waals surface area contributed by atoms with Crippen molar-refractivity contribution in [2.24, 2.45) is 0 Å². The number of carbonyl (C=O) groups is 2. The quantitative estimate of drug-likeness (QED) is 0.858. The van der Waals surface area contributed by atoms with E-state index in [2.05, 4.69) is 10.1 Å². The molecule has 0 unspecified atom stereocenters. The van der Waals surface area contributed by atoms with Gasteiger partial charge in [-0.3, -0.25) is 15.0 Å². The Labute approximate surface area is 129 Å². The van der Waals surface area contributed by atoms with Gasteiger partial charge in [-0.15, -0.1) is 0 Å². The molecule has 22 heavy (non-hydrogen) atoms. The Morgan fingerprint density at radius 2 is 2.05 bits per heavy atom. The number of hydrogen-bond donors (Lipinski definition) is 1. The second-order valence-corrected chi connectivity index (χ2v) is 4.76. The number of benzene rings is 1. The normalized spacial score (nSPS) is 12.3. The molecule has 0 atom stereocenters. The van der Waals surface area contributed by atoms with E-state index in [9.17, 15) is 9.59 Å². The van der Waals surface area contributed by atoms with Crippen LogP contribution in [0.25, 0.3) is 0 Å². The van der Waals surface area contributed by atoms with Crippen molar-refractivity contribution in [1.82, 2.24) is 10.2 Å². The molecule has 1 aliphatic rings. The molecule has 0 aliphatic carbocycles. The number of fused-ring (bicyclic) bond motifs is 1. The van der Waals surface area contributed by atoms with Gasteiger partial charge >= 0.3 is 6.09 Å². The first-order chi connectivity index (χ1) is 10.6. The molecule has 0 saturated carbocycles. The number of nitrogens with zero attached hydrogens (tertiary/aromatic N) is 1. The second kappa shape index (κ2) is 7.65. The highest BCUT2D eigenvalue weighted by Crippen LogP contribution is 2.32. The molecule has 1 aliphatic heterocycles. The van der Waals surface area contributed by atoms with Crippen LogP contribution in [-0.4, -0.2) is 43.4 Å². The van der Waals surface area contributed by atoms with E-state index in [1.165, 1.54) is 0 Å². The van der Waals surface area contributed by atoms with Crippen LogP contribution in [0.4, 0.5) is 4.79 Å². The number of ether oxygens (including phenoxy) is 3. The maximum atomic E-state index is 11.8. The maximum absolute atomic E-state index is 11.8. The van der Waals surface area contributed by atoms with E-state index in [0.29, 0.717) is 18.8 Å². The number of imide groups is 1. The fraction of sp³-hybridized carbons (Fsp3) is 0.467. The summed E-state index contributed by atoms with van der Waals surface area (Å²) in [5, 5.41) is 2.19. The van der Waals surface area contributed by atoms with Crippen molar-refractivity contribution < 1.29 is 23.8 Å². The molecule has 0 aromatic heterocycles. The molecule has 0 fully saturated rings. The lowest BCUT2D eigenvalue weighted by atomic mass is 10.2. The van der Waals surface area contributed by atoms with E-state index < -0.39 is 6.09 Å². The van der Waals surface area contributed by atoms with Crippen molar-refractivity contribution in [3.63, 3.8) is 0 Å². The highest BCUT2D eigenvalue weighted by atomic mass is 16.7. The summed E-state index contributed by atoms with van der Waals surface area (Å²) in [5.74, 6) is 1.05. The molecule has 7 heteroatoms. The van der Waals surface area contributed by atoms with Gasteiger partial charge < -0.3 is 14.2 Å². The van der Waals surface area contributed by atoms with Crippen LogP contribution >= 0.6 is 0 Å². The fourth-order valence-electron chi connectivity index (χ4n) is 2.10. The van der Waals surface area contributed by atoms with Gasteiger partial charge in [0.1, 0.15) is 0 Å². The summed E-state index contributed by atoms with van der Waals surface area (Å²) >= 11 is 0. The number of alkyl carbamates (subject to hydrolysis) is 1. The SMILES string of the molecule is CCOC(=O)NC(=O)CN(CC)Cc1ccc2c(c1)OCO2. The molecule has 1 aromatic carbocycles.